The lowest BCUT2D eigenvalue weighted by Gasteiger charge is -2.20. The Kier molecular flexibility index (Phi) is 3.16. The summed E-state index contributed by atoms with van der Waals surface area (Å²) in [5.74, 6) is 6.14. The molecule has 5 nitrogen and oxygen atoms in total. The van der Waals surface area contributed by atoms with E-state index in [0.717, 1.165) is 19.4 Å². The Labute approximate surface area is 112 Å². The second-order valence-corrected chi connectivity index (χ2v) is 5.47. The van der Waals surface area contributed by atoms with Crippen LogP contribution >= 0.6 is 0 Å². The molecule has 4 N–H and O–H groups in total. The standard InChI is InChI=1S/C14H19N3O2/c15-16-12-4-2-1-3-10(12)14(19)17-7-9-5-6-13(18)11(9)8-17/h1-4,9,11,13,16,18H,5-8,15H2. The lowest BCUT2D eigenvalue weighted by molar-refractivity contribution is 0.0753. The minimum atomic E-state index is -0.245. The zero-order valence-corrected chi connectivity index (χ0v) is 10.7. The number of para-hydroxylation sites is 1. The van der Waals surface area contributed by atoms with Crippen molar-refractivity contribution in [2.75, 3.05) is 18.5 Å². The van der Waals surface area contributed by atoms with Crippen LogP contribution in [0.2, 0.25) is 0 Å². The number of anilines is 1. The fourth-order valence-corrected chi connectivity index (χ4v) is 3.37. The van der Waals surface area contributed by atoms with E-state index in [4.69, 9.17) is 5.84 Å². The molecular formula is C14H19N3O2. The van der Waals surface area contributed by atoms with Gasteiger partial charge in [0.15, 0.2) is 0 Å². The zero-order chi connectivity index (χ0) is 13.4. The van der Waals surface area contributed by atoms with Gasteiger partial charge in [-0.1, -0.05) is 12.1 Å². The van der Waals surface area contributed by atoms with Gasteiger partial charge in [-0.25, -0.2) is 0 Å². The van der Waals surface area contributed by atoms with Crippen molar-refractivity contribution >= 4 is 11.6 Å². The summed E-state index contributed by atoms with van der Waals surface area (Å²) < 4.78 is 0. The Morgan fingerprint density at radius 2 is 2.11 bits per heavy atom. The normalized spacial score (nSPS) is 29.4. The van der Waals surface area contributed by atoms with Gasteiger partial charge in [0, 0.05) is 19.0 Å². The number of rotatable bonds is 2. The van der Waals surface area contributed by atoms with Crippen LogP contribution in [0, 0.1) is 11.8 Å². The summed E-state index contributed by atoms with van der Waals surface area (Å²) in [5.41, 5.74) is 3.80. The van der Waals surface area contributed by atoms with E-state index in [0.29, 0.717) is 23.7 Å². The summed E-state index contributed by atoms with van der Waals surface area (Å²) in [4.78, 5) is 14.4. The predicted molar refractivity (Wildman–Crippen MR) is 72.4 cm³/mol. The maximum absolute atomic E-state index is 12.5. The molecular weight excluding hydrogens is 242 g/mol. The molecule has 1 saturated carbocycles. The molecule has 1 aromatic carbocycles. The lowest BCUT2D eigenvalue weighted by Crippen LogP contribution is -2.31. The first kappa shape index (κ1) is 12.4. The number of likely N-dealkylation sites (tertiary alicyclic amines) is 1. The average molecular weight is 261 g/mol. The summed E-state index contributed by atoms with van der Waals surface area (Å²) in [7, 11) is 0. The third-order valence-electron chi connectivity index (χ3n) is 4.42. The van der Waals surface area contributed by atoms with Crippen molar-refractivity contribution < 1.29 is 9.90 Å². The number of carbonyl (C=O) groups is 1. The first-order valence-electron chi connectivity index (χ1n) is 6.73. The van der Waals surface area contributed by atoms with Gasteiger partial charge in [-0.3, -0.25) is 10.6 Å². The molecule has 0 radical (unpaired) electrons. The van der Waals surface area contributed by atoms with Crippen molar-refractivity contribution in [1.29, 1.82) is 0 Å². The maximum Gasteiger partial charge on any atom is 0.256 e. The number of nitrogen functional groups attached to an aromatic ring is 1. The van der Waals surface area contributed by atoms with Crippen molar-refractivity contribution in [1.82, 2.24) is 4.90 Å². The van der Waals surface area contributed by atoms with Crippen molar-refractivity contribution in [2.24, 2.45) is 17.7 Å². The number of amides is 1. The van der Waals surface area contributed by atoms with Crippen LogP contribution in [0.15, 0.2) is 24.3 Å². The molecule has 1 aliphatic heterocycles. The Morgan fingerprint density at radius 3 is 2.84 bits per heavy atom. The number of nitrogens with zero attached hydrogens (tertiary/aromatic N) is 1. The second kappa shape index (κ2) is 4.83. The monoisotopic (exact) mass is 261 g/mol. The topological polar surface area (TPSA) is 78.6 Å². The fourth-order valence-electron chi connectivity index (χ4n) is 3.37. The minimum absolute atomic E-state index is 0.00449. The predicted octanol–water partition coefficient (Wildman–Crippen LogP) is 0.815. The molecule has 0 bridgehead atoms. The molecule has 3 rings (SSSR count). The summed E-state index contributed by atoms with van der Waals surface area (Å²) >= 11 is 0. The van der Waals surface area contributed by atoms with Crippen molar-refractivity contribution in [2.45, 2.75) is 18.9 Å². The van der Waals surface area contributed by atoms with Gasteiger partial charge in [-0.2, -0.15) is 0 Å². The summed E-state index contributed by atoms with van der Waals surface area (Å²) in [6.45, 7) is 1.41. The number of carbonyl (C=O) groups excluding carboxylic acids is 1. The van der Waals surface area contributed by atoms with Crippen molar-refractivity contribution in [3.63, 3.8) is 0 Å². The molecule has 1 aromatic rings. The molecule has 3 atom stereocenters. The molecule has 5 heteroatoms. The molecule has 0 aromatic heterocycles. The highest BCUT2D eigenvalue weighted by atomic mass is 16.3. The largest absolute Gasteiger partial charge is 0.393 e. The van der Waals surface area contributed by atoms with Crippen molar-refractivity contribution in [3.05, 3.63) is 29.8 Å². The first-order chi connectivity index (χ1) is 9.20. The van der Waals surface area contributed by atoms with Gasteiger partial charge in [-0.15, -0.1) is 0 Å². The van der Waals surface area contributed by atoms with E-state index in [1.54, 1.807) is 12.1 Å². The summed E-state index contributed by atoms with van der Waals surface area (Å²) in [6.07, 6.45) is 1.65. The maximum atomic E-state index is 12.5. The number of hydrogen-bond acceptors (Lipinski definition) is 4. The van der Waals surface area contributed by atoms with Crippen LogP contribution in [0.4, 0.5) is 5.69 Å². The number of nitrogens with one attached hydrogen (secondary N) is 1. The van der Waals surface area contributed by atoms with Crippen molar-refractivity contribution in [3.8, 4) is 0 Å². The van der Waals surface area contributed by atoms with E-state index in [1.807, 2.05) is 17.0 Å². The molecule has 3 unspecified atom stereocenters. The highest BCUT2D eigenvalue weighted by Gasteiger charge is 2.43. The van der Waals surface area contributed by atoms with Gasteiger partial charge >= 0.3 is 0 Å². The van der Waals surface area contributed by atoms with Crippen LogP contribution in [0.1, 0.15) is 23.2 Å². The molecule has 1 aliphatic carbocycles. The van der Waals surface area contributed by atoms with Crippen LogP contribution in [0.25, 0.3) is 0 Å². The van der Waals surface area contributed by atoms with E-state index in [1.165, 1.54) is 0 Å². The van der Waals surface area contributed by atoms with Gasteiger partial charge in [-0.05, 0) is 30.9 Å². The Balaban J connectivity index is 1.78. The quantitative estimate of drug-likeness (QED) is 0.544. The molecule has 19 heavy (non-hydrogen) atoms. The molecule has 0 spiro atoms. The van der Waals surface area contributed by atoms with E-state index >= 15 is 0 Å². The number of benzene rings is 1. The Hall–Kier alpha value is -1.59. The first-order valence-corrected chi connectivity index (χ1v) is 6.73. The highest BCUT2D eigenvalue weighted by molar-refractivity contribution is 5.99. The third-order valence-corrected chi connectivity index (χ3v) is 4.42. The number of aliphatic hydroxyl groups is 1. The fraction of sp³-hybridized carbons (Fsp3) is 0.500. The van der Waals surface area contributed by atoms with Crippen LogP contribution in [-0.4, -0.2) is 35.1 Å². The highest BCUT2D eigenvalue weighted by Crippen LogP contribution is 2.38. The Bertz CT molecular complexity index is 491. The number of hydrogen-bond donors (Lipinski definition) is 3. The van der Waals surface area contributed by atoms with E-state index in [2.05, 4.69) is 5.43 Å². The Morgan fingerprint density at radius 1 is 1.32 bits per heavy atom. The molecule has 102 valence electrons. The molecule has 2 fully saturated rings. The van der Waals surface area contributed by atoms with E-state index in [9.17, 15) is 9.90 Å². The molecule has 1 saturated heterocycles. The SMILES string of the molecule is NNc1ccccc1C(=O)N1CC2CCC(O)C2C1. The van der Waals surface area contributed by atoms with Gasteiger partial charge in [0.2, 0.25) is 0 Å². The van der Waals surface area contributed by atoms with Gasteiger partial charge < -0.3 is 15.4 Å². The summed E-state index contributed by atoms with van der Waals surface area (Å²) in [5, 5.41) is 9.90. The number of fused-ring (bicyclic) bond motifs is 1. The van der Waals surface area contributed by atoms with Crippen LogP contribution in [-0.2, 0) is 0 Å². The lowest BCUT2D eigenvalue weighted by atomic mass is 10.00. The smallest absolute Gasteiger partial charge is 0.256 e. The van der Waals surface area contributed by atoms with Gasteiger partial charge in [0.05, 0.1) is 17.4 Å². The molecule has 1 amide bonds. The van der Waals surface area contributed by atoms with Crippen LogP contribution in [0.3, 0.4) is 0 Å². The average Bonchev–Trinajstić information content (AvgIpc) is 3.00. The van der Waals surface area contributed by atoms with Crippen LogP contribution in [0.5, 0.6) is 0 Å². The summed E-state index contributed by atoms with van der Waals surface area (Å²) in [6, 6.07) is 7.25. The third kappa shape index (κ3) is 2.09. The zero-order valence-electron chi connectivity index (χ0n) is 10.7. The number of nitrogens with two attached hydrogens (primary N) is 1. The van der Waals surface area contributed by atoms with E-state index < -0.39 is 0 Å². The van der Waals surface area contributed by atoms with Gasteiger partial charge in [0.1, 0.15) is 0 Å². The number of hydrazine groups is 1. The van der Waals surface area contributed by atoms with Crippen LogP contribution < -0.4 is 11.3 Å². The molecule has 1 heterocycles. The number of aliphatic hydroxyl groups excluding tert-OH is 1. The van der Waals surface area contributed by atoms with Gasteiger partial charge in [0.25, 0.3) is 5.91 Å². The minimum Gasteiger partial charge on any atom is -0.393 e. The van der Waals surface area contributed by atoms with E-state index in [-0.39, 0.29) is 17.9 Å². The second-order valence-electron chi connectivity index (χ2n) is 5.47. The molecule has 2 aliphatic rings.